The van der Waals surface area contributed by atoms with Crippen LogP contribution in [0.15, 0.2) is 40.9 Å². The first-order chi connectivity index (χ1) is 8.95. The number of alkyl halides is 3. The average Bonchev–Trinajstić information content (AvgIpc) is 2.74. The molecular formula is C14H10F3NO. The average molecular weight is 265 g/mol. The van der Waals surface area contributed by atoms with Gasteiger partial charge in [-0.3, -0.25) is 0 Å². The smallest absolute Gasteiger partial charge is 0.211 e. The van der Waals surface area contributed by atoms with E-state index in [4.69, 9.17) is 0 Å². The lowest BCUT2D eigenvalue weighted by Crippen LogP contribution is -2.09. The zero-order valence-electron chi connectivity index (χ0n) is 10.1. The highest BCUT2D eigenvalue weighted by atomic mass is 19.4. The predicted molar refractivity (Wildman–Crippen MR) is 65.6 cm³/mol. The van der Waals surface area contributed by atoms with Crippen molar-refractivity contribution in [2.24, 2.45) is 4.99 Å². The monoisotopic (exact) mass is 265 g/mol. The maximum absolute atomic E-state index is 13.2. The summed E-state index contributed by atoms with van der Waals surface area (Å²) in [6.45, 7) is 1.76. The first-order valence-electron chi connectivity index (χ1n) is 5.60. The molecule has 98 valence electrons. The Bertz CT molecular complexity index is 620. The molecule has 0 unspecified atom stereocenters. The lowest BCUT2D eigenvalue weighted by atomic mass is 9.95. The molecule has 0 atom stereocenters. The summed E-state index contributed by atoms with van der Waals surface area (Å²) in [5.41, 5.74) is 0.197. The van der Waals surface area contributed by atoms with Gasteiger partial charge in [0.05, 0.1) is 11.3 Å². The molecule has 0 aliphatic heterocycles. The van der Waals surface area contributed by atoms with Crippen LogP contribution in [0, 0.1) is 0 Å². The summed E-state index contributed by atoms with van der Waals surface area (Å²) >= 11 is 0. The van der Waals surface area contributed by atoms with E-state index in [2.05, 4.69) is 4.99 Å². The highest BCUT2D eigenvalue weighted by Crippen LogP contribution is 2.43. The maximum atomic E-state index is 13.2. The van der Waals surface area contributed by atoms with Gasteiger partial charge in [0.1, 0.15) is 0 Å². The van der Waals surface area contributed by atoms with Crippen LogP contribution in [0.25, 0.3) is 5.57 Å². The molecule has 0 radical (unpaired) electrons. The van der Waals surface area contributed by atoms with Crippen molar-refractivity contribution in [1.82, 2.24) is 0 Å². The molecule has 1 aliphatic rings. The molecule has 2 rings (SSSR count). The van der Waals surface area contributed by atoms with E-state index in [0.29, 0.717) is 12.0 Å². The second-order valence-corrected chi connectivity index (χ2v) is 4.17. The van der Waals surface area contributed by atoms with E-state index in [0.717, 1.165) is 11.6 Å². The van der Waals surface area contributed by atoms with E-state index < -0.39 is 17.4 Å². The topological polar surface area (TPSA) is 29.4 Å². The fourth-order valence-corrected chi connectivity index (χ4v) is 2.17. The molecule has 1 aromatic rings. The number of allylic oxidation sites excluding steroid dienone is 4. The third kappa shape index (κ3) is 2.51. The summed E-state index contributed by atoms with van der Waals surface area (Å²) in [6.07, 6.45) is 0.638. The molecule has 0 spiro atoms. The van der Waals surface area contributed by atoms with Gasteiger partial charge < -0.3 is 0 Å². The van der Waals surface area contributed by atoms with E-state index in [1.807, 2.05) is 0 Å². The summed E-state index contributed by atoms with van der Waals surface area (Å²) in [7, 11) is 0. The summed E-state index contributed by atoms with van der Waals surface area (Å²) in [5, 5.41) is 0. The van der Waals surface area contributed by atoms with Crippen molar-refractivity contribution in [2.75, 3.05) is 0 Å². The van der Waals surface area contributed by atoms with Gasteiger partial charge in [-0.25, -0.2) is 4.79 Å². The highest BCUT2D eigenvalue weighted by molar-refractivity contribution is 5.79. The Balaban J connectivity index is 2.72. The summed E-state index contributed by atoms with van der Waals surface area (Å²) in [6, 6.07) is 4.02. The second-order valence-electron chi connectivity index (χ2n) is 4.17. The van der Waals surface area contributed by atoms with Gasteiger partial charge in [0, 0.05) is 0 Å². The van der Waals surface area contributed by atoms with Crippen molar-refractivity contribution in [1.29, 1.82) is 0 Å². The fourth-order valence-electron chi connectivity index (χ4n) is 2.17. The summed E-state index contributed by atoms with van der Waals surface area (Å²) in [4.78, 5) is 13.4. The maximum Gasteiger partial charge on any atom is 0.419 e. The Morgan fingerprint density at radius 2 is 2.05 bits per heavy atom. The van der Waals surface area contributed by atoms with Crippen LogP contribution in [0.5, 0.6) is 0 Å². The molecule has 5 heteroatoms. The molecular weight excluding hydrogens is 255 g/mol. The number of hydrogen-bond acceptors (Lipinski definition) is 2. The van der Waals surface area contributed by atoms with Crippen molar-refractivity contribution >= 4 is 17.3 Å². The Morgan fingerprint density at radius 3 is 2.58 bits per heavy atom. The molecule has 0 bridgehead atoms. The predicted octanol–water partition coefficient (Wildman–Crippen LogP) is 4.41. The lowest BCUT2D eigenvalue weighted by Gasteiger charge is -2.16. The molecule has 1 aromatic carbocycles. The summed E-state index contributed by atoms with van der Waals surface area (Å²) in [5.74, 6) is 0. The Hall–Kier alpha value is -2.13. The molecule has 19 heavy (non-hydrogen) atoms. The first-order valence-corrected chi connectivity index (χ1v) is 5.60. The van der Waals surface area contributed by atoms with E-state index >= 15 is 0 Å². The molecule has 0 aromatic heterocycles. The number of isocyanates is 1. The number of halogens is 3. The van der Waals surface area contributed by atoms with Crippen LogP contribution in [0.4, 0.5) is 18.9 Å². The van der Waals surface area contributed by atoms with Gasteiger partial charge in [-0.2, -0.15) is 18.2 Å². The quantitative estimate of drug-likeness (QED) is 0.575. The van der Waals surface area contributed by atoms with Crippen molar-refractivity contribution in [3.63, 3.8) is 0 Å². The molecule has 0 saturated carbocycles. The van der Waals surface area contributed by atoms with Crippen LogP contribution in [-0.2, 0) is 11.0 Å². The van der Waals surface area contributed by atoms with E-state index in [9.17, 15) is 18.0 Å². The number of carbonyl (C=O) groups excluding carboxylic acids is 1. The van der Waals surface area contributed by atoms with Gasteiger partial charge in [0.2, 0.25) is 6.08 Å². The van der Waals surface area contributed by atoms with Crippen LogP contribution in [0.2, 0.25) is 0 Å². The van der Waals surface area contributed by atoms with Crippen molar-refractivity contribution < 1.29 is 18.0 Å². The van der Waals surface area contributed by atoms with Gasteiger partial charge in [-0.15, -0.1) is 0 Å². The minimum Gasteiger partial charge on any atom is -0.211 e. The van der Waals surface area contributed by atoms with Crippen LogP contribution in [-0.4, -0.2) is 6.08 Å². The van der Waals surface area contributed by atoms with E-state index in [1.54, 1.807) is 19.1 Å². The molecule has 0 saturated heterocycles. The number of rotatable bonds is 2. The molecule has 0 amide bonds. The molecule has 2 nitrogen and oxygen atoms in total. The number of benzene rings is 1. The molecule has 0 N–H and O–H groups in total. The minimum atomic E-state index is -4.57. The number of nitrogens with zero attached hydrogens (tertiary/aromatic N) is 1. The Kier molecular flexibility index (Phi) is 3.40. The zero-order chi connectivity index (χ0) is 14.0. The lowest BCUT2D eigenvalue weighted by molar-refractivity contribution is -0.137. The third-order valence-corrected chi connectivity index (χ3v) is 2.98. The Labute approximate surface area is 108 Å². The van der Waals surface area contributed by atoms with Gasteiger partial charge >= 0.3 is 6.18 Å². The number of hydrogen-bond donors (Lipinski definition) is 0. The van der Waals surface area contributed by atoms with Gasteiger partial charge in [0.25, 0.3) is 0 Å². The molecule has 0 heterocycles. The fraction of sp³-hybridized carbons (Fsp3) is 0.214. The summed E-state index contributed by atoms with van der Waals surface area (Å²) < 4.78 is 39.5. The molecule has 1 aliphatic carbocycles. The van der Waals surface area contributed by atoms with Crippen molar-refractivity contribution in [2.45, 2.75) is 19.5 Å². The van der Waals surface area contributed by atoms with Gasteiger partial charge in [0.15, 0.2) is 0 Å². The van der Waals surface area contributed by atoms with Gasteiger partial charge in [-0.05, 0) is 36.1 Å². The second kappa shape index (κ2) is 4.86. The van der Waals surface area contributed by atoms with Crippen LogP contribution < -0.4 is 0 Å². The third-order valence-electron chi connectivity index (χ3n) is 2.98. The first kappa shape index (κ1) is 13.3. The molecule has 0 fully saturated rings. The normalized spacial score (nSPS) is 14.7. The van der Waals surface area contributed by atoms with Crippen molar-refractivity contribution in [3.05, 3.63) is 47.1 Å². The largest absolute Gasteiger partial charge is 0.419 e. The van der Waals surface area contributed by atoms with Crippen molar-refractivity contribution in [3.8, 4) is 0 Å². The minimum absolute atomic E-state index is 0.0755. The zero-order valence-corrected chi connectivity index (χ0v) is 10.1. The number of aliphatic imine (C=N–C) groups is 1. The van der Waals surface area contributed by atoms with Crippen LogP contribution in [0.1, 0.15) is 24.5 Å². The van der Waals surface area contributed by atoms with Crippen LogP contribution >= 0.6 is 0 Å². The van der Waals surface area contributed by atoms with E-state index in [1.165, 1.54) is 18.2 Å². The SMILES string of the molecule is CC1=C(c2cccc(N=C=O)c2C(F)(F)F)CC=C1. The van der Waals surface area contributed by atoms with Gasteiger partial charge in [-0.1, -0.05) is 24.3 Å². The Morgan fingerprint density at radius 1 is 1.32 bits per heavy atom. The van der Waals surface area contributed by atoms with E-state index in [-0.39, 0.29) is 5.56 Å². The highest BCUT2D eigenvalue weighted by Gasteiger charge is 2.37. The van der Waals surface area contributed by atoms with Crippen LogP contribution in [0.3, 0.4) is 0 Å². The standard InChI is InChI=1S/C14H10F3NO/c1-9-4-2-5-10(9)11-6-3-7-12(18-8-19)13(11)14(15,16)17/h2-4,6-7H,5H2,1H3.